The first-order chi connectivity index (χ1) is 13.6. The van der Waals surface area contributed by atoms with Crippen molar-refractivity contribution in [2.75, 3.05) is 32.8 Å². The molecule has 146 valence electrons. The second-order valence-electron chi connectivity index (χ2n) is 6.43. The van der Waals surface area contributed by atoms with Crippen LogP contribution in [0.25, 0.3) is 0 Å². The van der Waals surface area contributed by atoms with Gasteiger partial charge in [0, 0.05) is 41.8 Å². The van der Waals surface area contributed by atoms with Crippen LogP contribution in [-0.4, -0.2) is 48.7 Å². The lowest BCUT2D eigenvalue weighted by Gasteiger charge is -2.37. The monoisotopic (exact) mass is 416 g/mol. The van der Waals surface area contributed by atoms with E-state index in [1.165, 1.54) is 0 Å². The Morgan fingerprint density at radius 3 is 2.54 bits per heavy atom. The van der Waals surface area contributed by atoms with E-state index in [1.807, 2.05) is 55.5 Å². The first-order valence-corrected chi connectivity index (χ1v) is 10.0. The molecule has 2 aromatic carbocycles. The van der Waals surface area contributed by atoms with Crippen molar-refractivity contribution in [1.82, 2.24) is 9.80 Å². The fourth-order valence-electron chi connectivity index (χ4n) is 3.16. The quantitative estimate of drug-likeness (QED) is 0.669. The van der Waals surface area contributed by atoms with Crippen molar-refractivity contribution in [2.24, 2.45) is 0 Å². The van der Waals surface area contributed by atoms with E-state index in [9.17, 15) is 4.79 Å². The van der Waals surface area contributed by atoms with E-state index < -0.39 is 0 Å². The van der Waals surface area contributed by atoms with Gasteiger partial charge in [-0.05, 0) is 36.8 Å². The average molecular weight is 417 g/mol. The molecule has 1 fully saturated rings. The van der Waals surface area contributed by atoms with E-state index in [-0.39, 0.29) is 12.1 Å². The summed E-state index contributed by atoms with van der Waals surface area (Å²) >= 11 is 12.5. The summed E-state index contributed by atoms with van der Waals surface area (Å²) in [7, 11) is 0. The zero-order valence-corrected chi connectivity index (χ0v) is 17.2. The molecule has 0 saturated carbocycles. The van der Waals surface area contributed by atoms with E-state index in [4.69, 9.17) is 27.9 Å². The van der Waals surface area contributed by atoms with Crippen LogP contribution in [0.15, 0.2) is 48.5 Å². The zero-order chi connectivity index (χ0) is 19.9. The summed E-state index contributed by atoms with van der Waals surface area (Å²) in [6, 6.07) is 15.1. The molecule has 1 unspecified atom stereocenters. The van der Waals surface area contributed by atoms with Crippen LogP contribution in [0.2, 0.25) is 10.0 Å². The van der Waals surface area contributed by atoms with Gasteiger partial charge in [-0.25, -0.2) is 4.79 Å². The Kier molecular flexibility index (Phi) is 7.22. The Hall–Kier alpha value is -2.19. The standard InChI is InChI=1S/C22H22Cl2N2O2/c1-2-28-22(27)26-14-12-25(13-15-26)21(19-8-3-4-9-20(19)24)11-10-17-6-5-7-18(23)16-17/h3-9,16,21H,2,12-15H2,1H3. The summed E-state index contributed by atoms with van der Waals surface area (Å²) < 4.78 is 5.10. The van der Waals surface area contributed by atoms with Crippen molar-refractivity contribution in [2.45, 2.75) is 13.0 Å². The summed E-state index contributed by atoms with van der Waals surface area (Å²) in [5.41, 5.74) is 1.82. The first-order valence-electron chi connectivity index (χ1n) is 9.25. The lowest BCUT2D eigenvalue weighted by atomic mass is 10.0. The molecular weight excluding hydrogens is 395 g/mol. The summed E-state index contributed by atoms with van der Waals surface area (Å²) in [5.74, 6) is 6.58. The molecule has 1 atom stereocenters. The van der Waals surface area contributed by atoms with Gasteiger partial charge in [0.2, 0.25) is 0 Å². The molecule has 1 saturated heterocycles. The Labute approximate surface area is 176 Å². The van der Waals surface area contributed by atoms with Crippen LogP contribution in [-0.2, 0) is 4.74 Å². The molecule has 6 heteroatoms. The van der Waals surface area contributed by atoms with Crippen molar-refractivity contribution in [3.8, 4) is 11.8 Å². The minimum Gasteiger partial charge on any atom is -0.450 e. The van der Waals surface area contributed by atoms with Crippen LogP contribution in [0.3, 0.4) is 0 Å². The number of nitrogens with zero attached hydrogens (tertiary/aromatic N) is 2. The number of piperazine rings is 1. The molecule has 0 aromatic heterocycles. The maximum Gasteiger partial charge on any atom is 0.409 e. The average Bonchev–Trinajstić information content (AvgIpc) is 2.70. The Morgan fingerprint density at radius 2 is 1.86 bits per heavy atom. The second kappa shape index (κ2) is 9.84. The lowest BCUT2D eigenvalue weighted by Crippen LogP contribution is -2.49. The van der Waals surface area contributed by atoms with Crippen molar-refractivity contribution < 1.29 is 9.53 Å². The normalized spacial score (nSPS) is 15.5. The molecule has 0 bridgehead atoms. The van der Waals surface area contributed by atoms with E-state index >= 15 is 0 Å². The smallest absolute Gasteiger partial charge is 0.409 e. The van der Waals surface area contributed by atoms with E-state index in [0.29, 0.717) is 42.8 Å². The van der Waals surface area contributed by atoms with Gasteiger partial charge in [-0.1, -0.05) is 59.3 Å². The number of ether oxygens (including phenoxy) is 1. The molecule has 1 aliphatic rings. The van der Waals surface area contributed by atoms with Gasteiger partial charge in [0.05, 0.1) is 12.6 Å². The number of hydrogen-bond acceptors (Lipinski definition) is 3. The summed E-state index contributed by atoms with van der Waals surface area (Å²) in [6.07, 6.45) is -0.263. The fraction of sp³-hybridized carbons (Fsp3) is 0.318. The van der Waals surface area contributed by atoms with Crippen LogP contribution in [0.1, 0.15) is 24.1 Å². The molecule has 1 amide bonds. The number of benzene rings is 2. The van der Waals surface area contributed by atoms with Crippen molar-refractivity contribution in [3.63, 3.8) is 0 Å². The van der Waals surface area contributed by atoms with Crippen LogP contribution >= 0.6 is 23.2 Å². The van der Waals surface area contributed by atoms with E-state index in [2.05, 4.69) is 16.7 Å². The SMILES string of the molecule is CCOC(=O)N1CCN(C(C#Cc2cccc(Cl)c2)c2ccccc2Cl)CC1. The van der Waals surface area contributed by atoms with Gasteiger partial charge in [0.15, 0.2) is 0 Å². The summed E-state index contributed by atoms with van der Waals surface area (Å²) in [4.78, 5) is 15.9. The second-order valence-corrected chi connectivity index (χ2v) is 7.27. The number of carbonyl (C=O) groups excluding carboxylic acids is 1. The molecule has 3 rings (SSSR count). The van der Waals surface area contributed by atoms with Crippen LogP contribution < -0.4 is 0 Å². The molecule has 4 nitrogen and oxygen atoms in total. The first kappa shape index (κ1) is 20.5. The highest BCUT2D eigenvalue weighted by molar-refractivity contribution is 6.31. The highest BCUT2D eigenvalue weighted by atomic mass is 35.5. The van der Waals surface area contributed by atoms with Gasteiger partial charge in [-0.2, -0.15) is 0 Å². The Balaban J connectivity index is 1.82. The summed E-state index contributed by atoms with van der Waals surface area (Å²) in [6.45, 7) is 4.77. The number of rotatable bonds is 3. The number of amides is 1. The van der Waals surface area contributed by atoms with Crippen molar-refractivity contribution >= 4 is 29.3 Å². The molecule has 28 heavy (non-hydrogen) atoms. The maximum absolute atomic E-state index is 12.0. The highest BCUT2D eigenvalue weighted by Gasteiger charge is 2.27. The highest BCUT2D eigenvalue weighted by Crippen LogP contribution is 2.28. The van der Waals surface area contributed by atoms with E-state index in [1.54, 1.807) is 4.90 Å². The van der Waals surface area contributed by atoms with Gasteiger partial charge in [0.1, 0.15) is 0 Å². The third-order valence-corrected chi connectivity index (χ3v) is 5.16. The lowest BCUT2D eigenvalue weighted by molar-refractivity contribution is 0.0735. The van der Waals surface area contributed by atoms with Crippen LogP contribution in [0.5, 0.6) is 0 Å². The predicted octanol–water partition coefficient (Wildman–Crippen LogP) is 4.86. The van der Waals surface area contributed by atoms with Gasteiger partial charge in [-0.3, -0.25) is 4.90 Å². The number of carbonyl (C=O) groups is 1. The van der Waals surface area contributed by atoms with Gasteiger partial charge in [-0.15, -0.1) is 0 Å². The molecule has 0 N–H and O–H groups in total. The minimum atomic E-state index is -0.263. The Bertz CT molecular complexity index is 883. The van der Waals surface area contributed by atoms with Gasteiger partial charge < -0.3 is 9.64 Å². The molecule has 2 aromatic rings. The van der Waals surface area contributed by atoms with Gasteiger partial charge >= 0.3 is 6.09 Å². The molecular formula is C22H22Cl2N2O2. The predicted molar refractivity (Wildman–Crippen MR) is 113 cm³/mol. The minimum absolute atomic E-state index is 0.169. The van der Waals surface area contributed by atoms with Crippen molar-refractivity contribution in [3.05, 3.63) is 69.7 Å². The summed E-state index contributed by atoms with van der Waals surface area (Å²) in [5, 5.41) is 1.34. The molecule has 0 spiro atoms. The molecule has 1 heterocycles. The largest absolute Gasteiger partial charge is 0.450 e. The van der Waals surface area contributed by atoms with Crippen LogP contribution in [0.4, 0.5) is 4.79 Å². The fourth-order valence-corrected chi connectivity index (χ4v) is 3.59. The zero-order valence-electron chi connectivity index (χ0n) is 15.7. The molecule has 0 radical (unpaired) electrons. The number of halogens is 2. The molecule has 0 aliphatic carbocycles. The Morgan fingerprint density at radius 1 is 1.11 bits per heavy atom. The third kappa shape index (κ3) is 5.20. The van der Waals surface area contributed by atoms with Gasteiger partial charge in [0.25, 0.3) is 0 Å². The number of hydrogen-bond donors (Lipinski definition) is 0. The van der Waals surface area contributed by atoms with E-state index in [0.717, 1.165) is 11.1 Å². The molecule has 1 aliphatic heterocycles. The topological polar surface area (TPSA) is 32.8 Å². The maximum atomic E-state index is 12.0. The van der Waals surface area contributed by atoms with Crippen LogP contribution in [0, 0.1) is 11.8 Å². The third-order valence-electron chi connectivity index (χ3n) is 4.58. The van der Waals surface area contributed by atoms with Crippen molar-refractivity contribution in [1.29, 1.82) is 0 Å².